The topological polar surface area (TPSA) is 74.1 Å². The maximum absolute atomic E-state index is 11.4. The van der Waals surface area contributed by atoms with Crippen LogP contribution in [0.1, 0.15) is 21.0 Å². The standard InChI is InChI=1S/C10H4ClN3O3/c11-5-2-1-3-6(4-5)14-8-7(12-13-14)9(15)17-10(8)16/h1-4H. The third-order valence-corrected chi connectivity index (χ3v) is 2.53. The van der Waals surface area contributed by atoms with Gasteiger partial charge in [-0.3, -0.25) is 0 Å². The molecule has 84 valence electrons. The maximum Gasteiger partial charge on any atom is 0.369 e. The van der Waals surface area contributed by atoms with Crippen LogP contribution in [0.15, 0.2) is 24.3 Å². The third kappa shape index (κ3) is 1.42. The van der Waals surface area contributed by atoms with Gasteiger partial charge in [0.2, 0.25) is 5.69 Å². The number of aromatic nitrogens is 3. The fourth-order valence-electron chi connectivity index (χ4n) is 1.57. The average Bonchev–Trinajstić information content (AvgIpc) is 2.82. The van der Waals surface area contributed by atoms with Crippen LogP contribution in [0.5, 0.6) is 0 Å². The lowest BCUT2D eigenvalue weighted by atomic mass is 10.3. The molecule has 7 heteroatoms. The molecule has 0 saturated carbocycles. The van der Waals surface area contributed by atoms with Gasteiger partial charge in [-0.15, -0.1) is 5.10 Å². The number of fused-ring (bicyclic) bond motifs is 1. The van der Waals surface area contributed by atoms with Gasteiger partial charge in [0.1, 0.15) is 0 Å². The zero-order valence-electron chi connectivity index (χ0n) is 8.25. The van der Waals surface area contributed by atoms with Crippen molar-refractivity contribution in [2.24, 2.45) is 0 Å². The number of halogens is 1. The predicted molar refractivity (Wildman–Crippen MR) is 56.1 cm³/mol. The van der Waals surface area contributed by atoms with Gasteiger partial charge in [0.05, 0.1) is 5.69 Å². The first-order valence-corrected chi connectivity index (χ1v) is 5.03. The first-order chi connectivity index (χ1) is 8.16. The molecule has 1 aliphatic heterocycles. The summed E-state index contributed by atoms with van der Waals surface area (Å²) in [6.45, 7) is 0. The van der Waals surface area contributed by atoms with Crippen molar-refractivity contribution in [1.82, 2.24) is 15.0 Å². The number of carbonyl (C=O) groups is 2. The number of nitrogens with zero attached hydrogens (tertiary/aromatic N) is 3. The molecule has 1 aromatic carbocycles. The molecule has 17 heavy (non-hydrogen) atoms. The van der Waals surface area contributed by atoms with Crippen molar-refractivity contribution in [3.8, 4) is 5.69 Å². The molecule has 6 nitrogen and oxygen atoms in total. The molecule has 0 unspecified atom stereocenters. The van der Waals surface area contributed by atoms with Crippen LogP contribution in [-0.2, 0) is 4.74 Å². The number of rotatable bonds is 1. The van der Waals surface area contributed by atoms with Crippen LogP contribution < -0.4 is 0 Å². The van der Waals surface area contributed by atoms with Crippen molar-refractivity contribution in [2.75, 3.05) is 0 Å². The van der Waals surface area contributed by atoms with E-state index in [9.17, 15) is 9.59 Å². The van der Waals surface area contributed by atoms with E-state index in [1.54, 1.807) is 24.3 Å². The zero-order valence-corrected chi connectivity index (χ0v) is 9.01. The molecule has 0 N–H and O–H groups in total. The zero-order chi connectivity index (χ0) is 12.0. The Morgan fingerprint density at radius 3 is 2.82 bits per heavy atom. The van der Waals surface area contributed by atoms with Crippen molar-refractivity contribution < 1.29 is 14.3 Å². The summed E-state index contributed by atoms with van der Waals surface area (Å²) >= 11 is 5.83. The van der Waals surface area contributed by atoms with Gasteiger partial charge in [-0.25, -0.2) is 14.3 Å². The Bertz CT molecular complexity index is 650. The molecule has 0 aliphatic carbocycles. The molecular formula is C10H4ClN3O3. The second-order valence-electron chi connectivity index (χ2n) is 3.36. The summed E-state index contributed by atoms with van der Waals surface area (Å²) in [6, 6.07) is 6.68. The second-order valence-corrected chi connectivity index (χ2v) is 3.79. The molecule has 2 heterocycles. The average molecular weight is 250 g/mol. The number of ether oxygens (including phenoxy) is 1. The summed E-state index contributed by atoms with van der Waals surface area (Å²) in [5.74, 6) is -1.53. The van der Waals surface area contributed by atoms with Crippen LogP contribution in [0.4, 0.5) is 0 Å². The second kappa shape index (κ2) is 3.39. The highest BCUT2D eigenvalue weighted by Gasteiger charge is 2.37. The number of hydrogen-bond acceptors (Lipinski definition) is 5. The van der Waals surface area contributed by atoms with Crippen LogP contribution in [0, 0.1) is 0 Å². The van der Waals surface area contributed by atoms with Crippen molar-refractivity contribution in [1.29, 1.82) is 0 Å². The molecule has 0 bridgehead atoms. The first kappa shape index (κ1) is 9.98. The normalized spacial score (nSPS) is 13.7. The molecule has 3 rings (SSSR count). The molecule has 2 aromatic rings. The lowest BCUT2D eigenvalue weighted by molar-refractivity contribution is 0.0434. The van der Waals surface area contributed by atoms with E-state index in [1.165, 1.54) is 4.68 Å². The third-order valence-electron chi connectivity index (χ3n) is 2.30. The highest BCUT2D eigenvalue weighted by atomic mass is 35.5. The van der Waals surface area contributed by atoms with Crippen LogP contribution in [0.25, 0.3) is 5.69 Å². The van der Waals surface area contributed by atoms with E-state index >= 15 is 0 Å². The Morgan fingerprint density at radius 1 is 1.24 bits per heavy atom. The molecule has 1 aromatic heterocycles. The van der Waals surface area contributed by atoms with Crippen molar-refractivity contribution in [2.45, 2.75) is 0 Å². The Hall–Kier alpha value is -2.21. The van der Waals surface area contributed by atoms with Gasteiger partial charge < -0.3 is 4.74 Å². The summed E-state index contributed by atoms with van der Waals surface area (Å²) in [5, 5.41) is 7.84. The van der Waals surface area contributed by atoms with E-state index in [1.807, 2.05) is 0 Å². The first-order valence-electron chi connectivity index (χ1n) is 4.65. The highest BCUT2D eigenvalue weighted by Crippen LogP contribution is 2.22. The van der Waals surface area contributed by atoms with E-state index in [-0.39, 0.29) is 11.4 Å². The number of carbonyl (C=O) groups excluding carboxylic acids is 2. The lowest BCUT2D eigenvalue weighted by Gasteiger charge is -2.02. The number of hydrogen-bond donors (Lipinski definition) is 0. The van der Waals surface area contributed by atoms with Crippen LogP contribution in [0.2, 0.25) is 5.02 Å². The lowest BCUT2D eigenvalue weighted by Crippen LogP contribution is -2.08. The van der Waals surface area contributed by atoms with Gasteiger partial charge in [-0.2, -0.15) is 0 Å². The van der Waals surface area contributed by atoms with Crippen LogP contribution in [-0.4, -0.2) is 26.9 Å². The number of cyclic esters (lactones) is 2. The van der Waals surface area contributed by atoms with E-state index < -0.39 is 11.9 Å². The Kier molecular flexibility index (Phi) is 1.99. The SMILES string of the molecule is O=C1OC(=O)c2c1nnn2-c1cccc(Cl)c1. The fourth-order valence-corrected chi connectivity index (χ4v) is 1.76. The van der Waals surface area contributed by atoms with Crippen molar-refractivity contribution in [3.63, 3.8) is 0 Å². The molecule has 0 spiro atoms. The Morgan fingerprint density at radius 2 is 2.06 bits per heavy atom. The predicted octanol–water partition coefficient (Wildman–Crippen LogP) is 1.23. The molecular weight excluding hydrogens is 246 g/mol. The summed E-state index contributed by atoms with van der Waals surface area (Å²) in [7, 11) is 0. The van der Waals surface area contributed by atoms with E-state index in [4.69, 9.17) is 11.6 Å². The van der Waals surface area contributed by atoms with E-state index in [0.29, 0.717) is 10.7 Å². The van der Waals surface area contributed by atoms with E-state index in [2.05, 4.69) is 15.0 Å². The summed E-state index contributed by atoms with van der Waals surface area (Å²) in [6.07, 6.45) is 0. The van der Waals surface area contributed by atoms with Gasteiger partial charge in [0.15, 0.2) is 5.69 Å². The van der Waals surface area contributed by atoms with Gasteiger partial charge >= 0.3 is 11.9 Å². The summed E-state index contributed by atoms with van der Waals surface area (Å²) < 4.78 is 5.66. The largest absolute Gasteiger partial charge is 0.383 e. The Labute approximate surface area is 99.7 Å². The van der Waals surface area contributed by atoms with Gasteiger partial charge in [-0.1, -0.05) is 22.9 Å². The molecule has 0 saturated heterocycles. The van der Waals surface area contributed by atoms with Crippen molar-refractivity contribution >= 4 is 23.5 Å². The molecule has 0 atom stereocenters. The van der Waals surface area contributed by atoms with Gasteiger partial charge in [0.25, 0.3) is 0 Å². The van der Waals surface area contributed by atoms with E-state index in [0.717, 1.165) is 0 Å². The summed E-state index contributed by atoms with van der Waals surface area (Å²) in [4.78, 5) is 22.6. The smallest absolute Gasteiger partial charge is 0.369 e. The van der Waals surface area contributed by atoms with Crippen LogP contribution in [0.3, 0.4) is 0 Å². The molecule has 0 fully saturated rings. The quantitative estimate of drug-likeness (QED) is 0.561. The maximum atomic E-state index is 11.4. The minimum Gasteiger partial charge on any atom is -0.383 e. The number of esters is 2. The molecule has 1 aliphatic rings. The molecule has 0 radical (unpaired) electrons. The summed E-state index contributed by atoms with van der Waals surface area (Å²) in [5.41, 5.74) is 0.491. The minimum atomic E-state index is -0.779. The van der Waals surface area contributed by atoms with Gasteiger partial charge in [-0.05, 0) is 18.2 Å². The fraction of sp³-hybridized carbons (Fsp3) is 0. The van der Waals surface area contributed by atoms with Gasteiger partial charge in [0, 0.05) is 5.02 Å². The minimum absolute atomic E-state index is 0.0252. The molecule has 0 amide bonds. The Balaban J connectivity index is 2.21. The van der Waals surface area contributed by atoms with Crippen LogP contribution >= 0.6 is 11.6 Å². The van der Waals surface area contributed by atoms with Crippen molar-refractivity contribution in [3.05, 3.63) is 40.7 Å². The monoisotopic (exact) mass is 249 g/mol. The highest BCUT2D eigenvalue weighted by molar-refractivity contribution is 6.30. The number of benzene rings is 1.